The number of ether oxygens (including phenoxy) is 2. The Bertz CT molecular complexity index is 231. The highest BCUT2D eigenvalue weighted by Crippen LogP contribution is 2.18. The van der Waals surface area contributed by atoms with Crippen LogP contribution in [0.2, 0.25) is 0 Å². The number of methoxy groups -OCH3 is 2. The van der Waals surface area contributed by atoms with Gasteiger partial charge in [0.2, 0.25) is 0 Å². The predicted octanol–water partition coefficient (Wildman–Crippen LogP) is 1.34. The Hall–Kier alpha value is -0.900. The number of benzene rings is 1. The molecule has 3 heteroatoms. The van der Waals surface area contributed by atoms with Gasteiger partial charge in [-0.05, 0) is 5.56 Å². The first-order valence-electron chi connectivity index (χ1n) is 4.08. The molecular weight excluding hydrogens is 168 g/mol. The Kier molecular flexibility index (Phi) is 3.89. The molecule has 0 heterocycles. The summed E-state index contributed by atoms with van der Waals surface area (Å²) in [5.41, 5.74) is 0.788. The van der Waals surface area contributed by atoms with Gasteiger partial charge in [0, 0.05) is 14.2 Å². The molecule has 1 atom stereocenters. The lowest BCUT2D eigenvalue weighted by Gasteiger charge is -2.19. The van der Waals surface area contributed by atoms with Crippen molar-refractivity contribution in [1.29, 1.82) is 0 Å². The van der Waals surface area contributed by atoms with Gasteiger partial charge >= 0.3 is 0 Å². The van der Waals surface area contributed by atoms with Gasteiger partial charge in [0.15, 0.2) is 6.29 Å². The van der Waals surface area contributed by atoms with E-state index in [1.807, 2.05) is 30.3 Å². The van der Waals surface area contributed by atoms with Gasteiger partial charge in [0.1, 0.15) is 6.10 Å². The van der Waals surface area contributed by atoms with E-state index < -0.39 is 12.4 Å². The van der Waals surface area contributed by atoms with Crippen LogP contribution in [0.1, 0.15) is 11.7 Å². The average Bonchev–Trinajstić information content (AvgIpc) is 2.21. The molecule has 0 spiro atoms. The Morgan fingerprint density at radius 1 is 1.08 bits per heavy atom. The Labute approximate surface area is 77.9 Å². The number of hydrogen-bond acceptors (Lipinski definition) is 3. The maximum Gasteiger partial charge on any atom is 0.187 e. The van der Waals surface area contributed by atoms with Gasteiger partial charge in [-0.25, -0.2) is 0 Å². The normalized spacial score (nSPS) is 13.2. The van der Waals surface area contributed by atoms with Crippen LogP contribution in [0, 0.1) is 0 Å². The van der Waals surface area contributed by atoms with Crippen molar-refractivity contribution in [3.8, 4) is 0 Å². The molecule has 0 bridgehead atoms. The lowest BCUT2D eigenvalue weighted by Crippen LogP contribution is -2.22. The molecule has 0 fully saturated rings. The summed E-state index contributed by atoms with van der Waals surface area (Å²) in [6, 6.07) is 9.28. The third-order valence-electron chi connectivity index (χ3n) is 1.86. The second kappa shape index (κ2) is 4.97. The summed E-state index contributed by atoms with van der Waals surface area (Å²) >= 11 is 0. The van der Waals surface area contributed by atoms with Crippen molar-refractivity contribution < 1.29 is 14.6 Å². The van der Waals surface area contributed by atoms with E-state index in [0.717, 1.165) is 5.56 Å². The van der Waals surface area contributed by atoms with Crippen LogP contribution in [-0.4, -0.2) is 25.6 Å². The van der Waals surface area contributed by atoms with Crippen LogP contribution in [-0.2, 0) is 9.47 Å². The lowest BCUT2D eigenvalue weighted by atomic mass is 10.1. The minimum Gasteiger partial charge on any atom is -0.383 e. The second-order valence-electron chi connectivity index (χ2n) is 2.70. The summed E-state index contributed by atoms with van der Waals surface area (Å²) < 4.78 is 9.89. The fraction of sp³-hybridized carbons (Fsp3) is 0.400. The molecule has 1 unspecified atom stereocenters. The van der Waals surface area contributed by atoms with E-state index in [9.17, 15) is 5.11 Å². The molecule has 0 aliphatic heterocycles. The third kappa shape index (κ3) is 2.52. The fourth-order valence-corrected chi connectivity index (χ4v) is 1.16. The van der Waals surface area contributed by atoms with Gasteiger partial charge in [-0.3, -0.25) is 0 Å². The van der Waals surface area contributed by atoms with Crippen LogP contribution in [0.5, 0.6) is 0 Å². The van der Waals surface area contributed by atoms with Crippen LogP contribution < -0.4 is 0 Å². The first-order valence-corrected chi connectivity index (χ1v) is 4.08. The van der Waals surface area contributed by atoms with Crippen molar-refractivity contribution in [2.75, 3.05) is 14.2 Å². The van der Waals surface area contributed by atoms with Crippen molar-refractivity contribution in [3.05, 3.63) is 35.9 Å². The van der Waals surface area contributed by atoms with Crippen molar-refractivity contribution >= 4 is 0 Å². The van der Waals surface area contributed by atoms with Gasteiger partial charge in [-0.15, -0.1) is 0 Å². The van der Waals surface area contributed by atoms with Crippen molar-refractivity contribution in [3.63, 3.8) is 0 Å². The summed E-state index contributed by atoms with van der Waals surface area (Å²) in [6.07, 6.45) is -1.35. The zero-order valence-corrected chi connectivity index (χ0v) is 7.81. The van der Waals surface area contributed by atoms with Crippen LogP contribution in [0.4, 0.5) is 0 Å². The van der Waals surface area contributed by atoms with Gasteiger partial charge in [0.05, 0.1) is 0 Å². The largest absolute Gasteiger partial charge is 0.383 e. The van der Waals surface area contributed by atoms with Gasteiger partial charge < -0.3 is 14.6 Å². The monoisotopic (exact) mass is 182 g/mol. The molecule has 1 aromatic carbocycles. The Morgan fingerprint density at radius 2 is 1.62 bits per heavy atom. The van der Waals surface area contributed by atoms with Gasteiger partial charge in [-0.2, -0.15) is 0 Å². The molecule has 0 radical (unpaired) electrons. The lowest BCUT2D eigenvalue weighted by molar-refractivity contribution is -0.166. The van der Waals surface area contributed by atoms with Crippen molar-refractivity contribution in [1.82, 2.24) is 0 Å². The van der Waals surface area contributed by atoms with E-state index in [-0.39, 0.29) is 0 Å². The van der Waals surface area contributed by atoms with Crippen LogP contribution in [0.3, 0.4) is 0 Å². The number of hydrogen-bond donors (Lipinski definition) is 1. The summed E-state index contributed by atoms with van der Waals surface area (Å²) in [5, 5.41) is 9.73. The molecule has 72 valence electrons. The van der Waals surface area contributed by atoms with Crippen LogP contribution >= 0.6 is 0 Å². The molecular formula is C10H14O3. The fourth-order valence-electron chi connectivity index (χ4n) is 1.16. The minimum absolute atomic E-state index is 0.609. The molecule has 13 heavy (non-hydrogen) atoms. The number of aliphatic hydroxyl groups excluding tert-OH is 1. The molecule has 0 amide bonds. The zero-order valence-electron chi connectivity index (χ0n) is 7.81. The highest BCUT2D eigenvalue weighted by molar-refractivity contribution is 5.17. The van der Waals surface area contributed by atoms with E-state index in [0.29, 0.717) is 0 Å². The maximum atomic E-state index is 9.73. The van der Waals surface area contributed by atoms with E-state index in [1.54, 1.807) is 0 Å². The molecule has 1 aromatic rings. The molecule has 1 rings (SSSR count). The number of aliphatic hydroxyl groups is 1. The second-order valence-corrected chi connectivity index (χ2v) is 2.70. The SMILES string of the molecule is COC(OC)C(O)c1ccccc1. The van der Waals surface area contributed by atoms with E-state index in [1.165, 1.54) is 14.2 Å². The zero-order chi connectivity index (χ0) is 9.68. The summed E-state index contributed by atoms with van der Waals surface area (Å²) in [4.78, 5) is 0. The molecule has 1 N–H and O–H groups in total. The van der Waals surface area contributed by atoms with E-state index >= 15 is 0 Å². The first-order chi connectivity index (χ1) is 6.29. The smallest absolute Gasteiger partial charge is 0.187 e. The molecule has 0 aromatic heterocycles. The molecule has 0 aliphatic rings. The Balaban J connectivity index is 2.72. The predicted molar refractivity (Wildman–Crippen MR) is 49.2 cm³/mol. The highest BCUT2D eigenvalue weighted by Gasteiger charge is 2.18. The summed E-state index contributed by atoms with van der Waals surface area (Å²) in [7, 11) is 3.00. The van der Waals surface area contributed by atoms with Crippen molar-refractivity contribution in [2.24, 2.45) is 0 Å². The third-order valence-corrected chi connectivity index (χ3v) is 1.86. The quantitative estimate of drug-likeness (QED) is 0.714. The van der Waals surface area contributed by atoms with Crippen molar-refractivity contribution in [2.45, 2.75) is 12.4 Å². The van der Waals surface area contributed by atoms with Crippen LogP contribution in [0.15, 0.2) is 30.3 Å². The maximum absolute atomic E-state index is 9.73. The Morgan fingerprint density at radius 3 is 2.08 bits per heavy atom. The summed E-state index contributed by atoms with van der Waals surface area (Å²) in [5.74, 6) is 0. The average molecular weight is 182 g/mol. The molecule has 0 saturated heterocycles. The van der Waals surface area contributed by atoms with E-state index in [2.05, 4.69) is 0 Å². The summed E-state index contributed by atoms with van der Waals surface area (Å²) in [6.45, 7) is 0. The minimum atomic E-state index is -0.740. The molecule has 0 aliphatic carbocycles. The first kappa shape index (κ1) is 10.2. The topological polar surface area (TPSA) is 38.7 Å². The van der Waals surface area contributed by atoms with Gasteiger partial charge in [0.25, 0.3) is 0 Å². The molecule has 3 nitrogen and oxygen atoms in total. The van der Waals surface area contributed by atoms with Gasteiger partial charge in [-0.1, -0.05) is 30.3 Å². The van der Waals surface area contributed by atoms with Crippen LogP contribution in [0.25, 0.3) is 0 Å². The number of rotatable bonds is 4. The molecule has 0 saturated carbocycles. The standard InChI is InChI=1S/C10H14O3/c1-12-10(13-2)9(11)8-6-4-3-5-7-8/h3-7,9-11H,1-2H3. The van der Waals surface area contributed by atoms with E-state index in [4.69, 9.17) is 9.47 Å². The highest BCUT2D eigenvalue weighted by atomic mass is 16.7.